The van der Waals surface area contributed by atoms with Gasteiger partial charge in [-0.25, -0.2) is 4.98 Å². The summed E-state index contributed by atoms with van der Waals surface area (Å²) in [5.74, 6) is -0.256. The molecule has 4 aromatic rings. The van der Waals surface area contributed by atoms with Gasteiger partial charge in [0.25, 0.3) is 5.91 Å². The minimum atomic E-state index is -0.256. The van der Waals surface area contributed by atoms with E-state index >= 15 is 0 Å². The highest BCUT2D eigenvalue weighted by Crippen LogP contribution is 2.25. The van der Waals surface area contributed by atoms with E-state index in [-0.39, 0.29) is 5.91 Å². The Kier molecular flexibility index (Phi) is 4.30. The summed E-state index contributed by atoms with van der Waals surface area (Å²) < 4.78 is 0. The van der Waals surface area contributed by atoms with Gasteiger partial charge in [-0.15, -0.1) is 0 Å². The highest BCUT2D eigenvalue weighted by Gasteiger charge is 2.14. The van der Waals surface area contributed by atoms with Gasteiger partial charge in [-0.05, 0) is 42.5 Å². The van der Waals surface area contributed by atoms with Crippen molar-refractivity contribution in [2.24, 2.45) is 0 Å². The van der Waals surface area contributed by atoms with E-state index in [9.17, 15) is 4.79 Å². The van der Waals surface area contributed by atoms with Crippen LogP contribution in [0.15, 0.2) is 79.1 Å². The monoisotopic (exact) mass is 350 g/mol. The molecule has 5 heteroatoms. The molecule has 2 aromatic carbocycles. The van der Waals surface area contributed by atoms with Gasteiger partial charge in [0.1, 0.15) is 0 Å². The number of hydrogen-bond acceptors (Lipinski definition) is 4. The van der Waals surface area contributed by atoms with E-state index in [1.54, 1.807) is 42.7 Å². The minimum absolute atomic E-state index is 0.256. The fraction of sp³-hybridized carbons (Fsp3) is 0. The van der Waals surface area contributed by atoms with Crippen LogP contribution in [0.5, 0.6) is 0 Å². The van der Waals surface area contributed by atoms with Gasteiger partial charge in [-0.1, -0.05) is 24.3 Å². The van der Waals surface area contributed by atoms with Crippen LogP contribution < -0.4 is 5.32 Å². The molecule has 0 spiro atoms. The van der Waals surface area contributed by atoms with Crippen molar-refractivity contribution in [1.82, 2.24) is 9.97 Å². The van der Waals surface area contributed by atoms with Crippen molar-refractivity contribution in [3.05, 3.63) is 90.3 Å². The van der Waals surface area contributed by atoms with Crippen molar-refractivity contribution in [3.8, 4) is 17.3 Å². The first-order valence-electron chi connectivity index (χ1n) is 8.36. The number of fused-ring (bicyclic) bond motifs is 1. The zero-order valence-corrected chi connectivity index (χ0v) is 14.3. The first-order valence-corrected chi connectivity index (χ1v) is 8.36. The Morgan fingerprint density at radius 2 is 1.89 bits per heavy atom. The zero-order chi connectivity index (χ0) is 18.6. The van der Waals surface area contributed by atoms with E-state index in [0.29, 0.717) is 22.5 Å². The van der Waals surface area contributed by atoms with Crippen molar-refractivity contribution < 1.29 is 4.79 Å². The Morgan fingerprint density at radius 1 is 1.00 bits per heavy atom. The normalized spacial score (nSPS) is 10.3. The van der Waals surface area contributed by atoms with Gasteiger partial charge in [-0.2, -0.15) is 5.26 Å². The predicted molar refractivity (Wildman–Crippen MR) is 104 cm³/mol. The van der Waals surface area contributed by atoms with E-state index in [2.05, 4.69) is 21.4 Å². The third-order valence-corrected chi connectivity index (χ3v) is 4.17. The standard InChI is InChI=1S/C22H14N4O/c23-13-15-5-3-7-17(11-15)25-22(27)19-12-21(16-6-4-10-24-14-16)26-20-9-2-1-8-18(19)20/h1-12,14H,(H,25,27). The Balaban J connectivity index is 1.80. The molecule has 0 fully saturated rings. The Bertz CT molecular complexity index is 1180. The molecule has 5 nitrogen and oxygen atoms in total. The van der Waals surface area contributed by atoms with Crippen LogP contribution in [-0.4, -0.2) is 15.9 Å². The molecule has 0 atom stereocenters. The zero-order valence-electron chi connectivity index (χ0n) is 14.3. The average Bonchev–Trinajstić information content (AvgIpc) is 2.73. The first kappa shape index (κ1) is 16.4. The molecule has 0 aliphatic heterocycles. The van der Waals surface area contributed by atoms with E-state index < -0.39 is 0 Å². The SMILES string of the molecule is N#Cc1cccc(NC(=O)c2cc(-c3cccnc3)nc3ccccc23)c1. The topological polar surface area (TPSA) is 78.7 Å². The lowest BCUT2D eigenvalue weighted by atomic mass is 10.0. The second-order valence-corrected chi connectivity index (χ2v) is 5.96. The van der Waals surface area contributed by atoms with Gasteiger partial charge >= 0.3 is 0 Å². The van der Waals surface area contributed by atoms with Gasteiger partial charge < -0.3 is 5.32 Å². The van der Waals surface area contributed by atoms with E-state index in [1.165, 1.54) is 0 Å². The largest absolute Gasteiger partial charge is 0.322 e. The summed E-state index contributed by atoms with van der Waals surface area (Å²) in [5.41, 5.74) is 3.82. The van der Waals surface area contributed by atoms with Gasteiger partial charge in [0, 0.05) is 29.0 Å². The van der Waals surface area contributed by atoms with Crippen molar-refractivity contribution in [3.63, 3.8) is 0 Å². The second kappa shape index (κ2) is 7.06. The lowest BCUT2D eigenvalue weighted by Crippen LogP contribution is -2.13. The molecule has 1 N–H and O–H groups in total. The molecule has 1 amide bonds. The number of amides is 1. The number of rotatable bonds is 3. The van der Waals surface area contributed by atoms with Crippen LogP contribution in [0.2, 0.25) is 0 Å². The third kappa shape index (κ3) is 3.37. The molecule has 0 radical (unpaired) electrons. The molecule has 2 aromatic heterocycles. The first-order chi connectivity index (χ1) is 13.2. The Morgan fingerprint density at radius 3 is 2.70 bits per heavy atom. The predicted octanol–water partition coefficient (Wildman–Crippen LogP) is 4.42. The molecule has 0 unspecified atom stereocenters. The second-order valence-electron chi connectivity index (χ2n) is 5.96. The van der Waals surface area contributed by atoms with Crippen LogP contribution in [0, 0.1) is 11.3 Å². The van der Waals surface area contributed by atoms with Crippen molar-refractivity contribution in [1.29, 1.82) is 5.26 Å². The van der Waals surface area contributed by atoms with Gasteiger partial charge in [0.15, 0.2) is 0 Å². The number of hydrogen-bond donors (Lipinski definition) is 1. The van der Waals surface area contributed by atoms with Crippen molar-refractivity contribution in [2.75, 3.05) is 5.32 Å². The molecule has 0 saturated heterocycles. The molecule has 27 heavy (non-hydrogen) atoms. The summed E-state index contributed by atoms with van der Waals surface area (Å²) in [4.78, 5) is 21.8. The molecule has 0 aliphatic rings. The van der Waals surface area contributed by atoms with Gasteiger partial charge in [0.2, 0.25) is 0 Å². The number of pyridine rings is 2. The third-order valence-electron chi connectivity index (χ3n) is 4.17. The van der Waals surface area contributed by atoms with Crippen LogP contribution >= 0.6 is 0 Å². The lowest BCUT2D eigenvalue weighted by Gasteiger charge is -2.11. The highest BCUT2D eigenvalue weighted by molar-refractivity contribution is 6.13. The van der Waals surface area contributed by atoms with Crippen LogP contribution in [-0.2, 0) is 0 Å². The molecule has 0 aliphatic carbocycles. The summed E-state index contributed by atoms with van der Waals surface area (Å²) in [7, 11) is 0. The number of aromatic nitrogens is 2. The summed E-state index contributed by atoms with van der Waals surface area (Å²) in [6.07, 6.45) is 3.41. The molecule has 0 bridgehead atoms. The quantitative estimate of drug-likeness (QED) is 0.593. The maximum atomic E-state index is 13.0. The number of para-hydroxylation sites is 1. The van der Waals surface area contributed by atoms with Gasteiger partial charge in [0.05, 0.1) is 28.4 Å². The Hall–Kier alpha value is -4.04. The van der Waals surface area contributed by atoms with Crippen LogP contribution in [0.4, 0.5) is 5.69 Å². The molecule has 0 saturated carbocycles. The number of nitrogens with zero attached hydrogens (tertiary/aromatic N) is 3. The van der Waals surface area contributed by atoms with Crippen molar-refractivity contribution >= 4 is 22.5 Å². The van der Waals surface area contributed by atoms with Crippen LogP contribution in [0.1, 0.15) is 15.9 Å². The summed E-state index contributed by atoms with van der Waals surface area (Å²) >= 11 is 0. The minimum Gasteiger partial charge on any atom is -0.322 e. The summed E-state index contributed by atoms with van der Waals surface area (Å²) in [6.45, 7) is 0. The van der Waals surface area contributed by atoms with E-state index in [1.807, 2.05) is 36.4 Å². The smallest absolute Gasteiger partial charge is 0.256 e. The number of carbonyl (C=O) groups excluding carboxylic acids is 1. The fourth-order valence-electron chi connectivity index (χ4n) is 2.89. The molecule has 128 valence electrons. The number of anilines is 1. The van der Waals surface area contributed by atoms with Crippen LogP contribution in [0.3, 0.4) is 0 Å². The van der Waals surface area contributed by atoms with E-state index in [4.69, 9.17) is 5.26 Å². The number of benzene rings is 2. The molecule has 4 rings (SSSR count). The van der Waals surface area contributed by atoms with Gasteiger partial charge in [-0.3, -0.25) is 9.78 Å². The number of nitriles is 1. The van der Waals surface area contributed by atoms with Crippen molar-refractivity contribution in [2.45, 2.75) is 0 Å². The van der Waals surface area contributed by atoms with E-state index in [0.717, 1.165) is 16.5 Å². The highest BCUT2D eigenvalue weighted by atomic mass is 16.1. The molecular formula is C22H14N4O. The number of nitrogens with one attached hydrogen (secondary N) is 1. The maximum absolute atomic E-state index is 13.0. The average molecular weight is 350 g/mol. The lowest BCUT2D eigenvalue weighted by molar-refractivity contribution is 0.102. The maximum Gasteiger partial charge on any atom is 0.256 e. The number of carbonyl (C=O) groups is 1. The summed E-state index contributed by atoms with van der Waals surface area (Å²) in [6, 6.07) is 21.9. The Labute approximate surface area is 156 Å². The van der Waals surface area contributed by atoms with Crippen LogP contribution in [0.25, 0.3) is 22.2 Å². The fourth-order valence-corrected chi connectivity index (χ4v) is 2.89. The summed E-state index contributed by atoms with van der Waals surface area (Å²) in [5, 5.41) is 12.7. The molecular weight excluding hydrogens is 336 g/mol. The molecule has 2 heterocycles.